The van der Waals surface area contributed by atoms with Crippen LogP contribution in [0.3, 0.4) is 0 Å². The summed E-state index contributed by atoms with van der Waals surface area (Å²) in [7, 11) is 1.57. The molecule has 0 fully saturated rings. The molecule has 0 saturated heterocycles. The van der Waals surface area contributed by atoms with Crippen molar-refractivity contribution in [3.8, 4) is 16.5 Å². The van der Waals surface area contributed by atoms with Crippen LogP contribution in [-0.4, -0.2) is 23.2 Å². The number of aryl methyl sites for hydroxylation is 2. The number of benzene rings is 1. The molecule has 0 spiro atoms. The number of aromatic nitrogens is 2. The van der Waals surface area contributed by atoms with Gasteiger partial charge in [0.05, 0.1) is 17.7 Å². The average molecular weight is 343 g/mol. The monoisotopic (exact) mass is 343 g/mol. The van der Waals surface area contributed by atoms with Crippen LogP contribution in [0.25, 0.3) is 10.8 Å². The Morgan fingerprint density at radius 1 is 1.33 bits per heavy atom. The Balaban J connectivity index is 1.59. The molecule has 0 aliphatic heterocycles. The van der Waals surface area contributed by atoms with Crippen LogP contribution < -0.4 is 10.1 Å². The number of carbonyl (C=O) groups excluding carboxylic acids is 1. The zero-order valence-electron chi connectivity index (χ0n) is 13.4. The Kier molecular flexibility index (Phi) is 4.90. The second-order valence-electron chi connectivity index (χ2n) is 5.23. The number of thiophene rings is 1. The van der Waals surface area contributed by atoms with E-state index >= 15 is 0 Å². The average Bonchev–Trinajstić information content (AvgIpc) is 3.24. The summed E-state index contributed by atoms with van der Waals surface area (Å²) in [6.45, 7) is 1.96. The van der Waals surface area contributed by atoms with Crippen LogP contribution in [0.5, 0.6) is 5.75 Å². The molecule has 0 bridgehead atoms. The van der Waals surface area contributed by atoms with Gasteiger partial charge in [0, 0.05) is 12.8 Å². The number of nitrogens with one attached hydrogen (secondary N) is 1. The Hall–Kier alpha value is -2.67. The Bertz CT molecular complexity index is 827. The number of ether oxygens (including phenoxy) is 1. The molecule has 3 rings (SSSR count). The molecule has 24 heavy (non-hydrogen) atoms. The summed E-state index contributed by atoms with van der Waals surface area (Å²) >= 11 is 1.53. The molecule has 6 nitrogen and oxygen atoms in total. The first kappa shape index (κ1) is 16.2. The quantitative estimate of drug-likeness (QED) is 0.738. The summed E-state index contributed by atoms with van der Waals surface area (Å²) in [6, 6.07) is 9.47. The summed E-state index contributed by atoms with van der Waals surface area (Å²) in [5.41, 5.74) is 1.70. The van der Waals surface area contributed by atoms with E-state index in [-0.39, 0.29) is 12.3 Å². The van der Waals surface area contributed by atoms with Crippen molar-refractivity contribution in [2.45, 2.75) is 19.8 Å². The lowest BCUT2D eigenvalue weighted by Gasteiger charge is -2.10. The molecule has 0 saturated carbocycles. The molecular formula is C17H17N3O3S. The second kappa shape index (κ2) is 7.27. The van der Waals surface area contributed by atoms with Crippen molar-refractivity contribution in [2.24, 2.45) is 0 Å². The molecule has 0 aliphatic carbocycles. The van der Waals surface area contributed by atoms with Crippen molar-refractivity contribution in [3.63, 3.8) is 0 Å². The first-order valence-electron chi connectivity index (χ1n) is 7.46. The SMILES string of the molecule is COc1ccc(C)cc1NC(=O)CCc1nnc(-c2cccs2)o1. The van der Waals surface area contributed by atoms with Crippen LogP contribution in [0.2, 0.25) is 0 Å². The molecule has 1 N–H and O–H groups in total. The number of amides is 1. The highest BCUT2D eigenvalue weighted by atomic mass is 32.1. The first-order valence-corrected chi connectivity index (χ1v) is 8.34. The number of hydrogen-bond donors (Lipinski definition) is 1. The molecule has 2 aromatic heterocycles. The van der Waals surface area contributed by atoms with Gasteiger partial charge in [0.1, 0.15) is 5.75 Å². The van der Waals surface area contributed by atoms with Crippen molar-refractivity contribution in [2.75, 3.05) is 12.4 Å². The van der Waals surface area contributed by atoms with Gasteiger partial charge < -0.3 is 14.5 Å². The van der Waals surface area contributed by atoms with Crippen molar-refractivity contribution >= 4 is 22.9 Å². The molecule has 0 atom stereocenters. The normalized spacial score (nSPS) is 10.6. The maximum absolute atomic E-state index is 12.1. The van der Waals surface area contributed by atoms with Crippen LogP contribution in [-0.2, 0) is 11.2 Å². The van der Waals surface area contributed by atoms with Crippen LogP contribution in [0, 0.1) is 6.92 Å². The molecule has 7 heteroatoms. The number of methoxy groups -OCH3 is 1. The van der Waals surface area contributed by atoms with E-state index in [1.165, 1.54) is 11.3 Å². The lowest BCUT2D eigenvalue weighted by molar-refractivity contribution is -0.116. The van der Waals surface area contributed by atoms with E-state index < -0.39 is 0 Å². The predicted molar refractivity (Wildman–Crippen MR) is 92.3 cm³/mol. The molecule has 0 unspecified atom stereocenters. The summed E-state index contributed by atoms with van der Waals surface area (Å²) in [5.74, 6) is 1.44. The minimum absolute atomic E-state index is 0.130. The Morgan fingerprint density at radius 2 is 2.21 bits per heavy atom. The zero-order valence-corrected chi connectivity index (χ0v) is 14.2. The molecule has 124 valence electrons. The van der Waals surface area contributed by atoms with Crippen molar-refractivity contribution in [1.82, 2.24) is 10.2 Å². The minimum Gasteiger partial charge on any atom is -0.495 e. The van der Waals surface area contributed by atoms with E-state index in [0.717, 1.165) is 10.4 Å². The third-order valence-electron chi connectivity index (χ3n) is 3.39. The van der Waals surface area contributed by atoms with Gasteiger partial charge in [-0.15, -0.1) is 21.5 Å². The predicted octanol–water partition coefficient (Wildman–Crippen LogP) is 3.69. The first-order chi connectivity index (χ1) is 11.7. The third-order valence-corrected chi connectivity index (χ3v) is 4.25. The summed E-state index contributed by atoms with van der Waals surface area (Å²) < 4.78 is 10.8. The number of anilines is 1. The van der Waals surface area contributed by atoms with Gasteiger partial charge in [-0.3, -0.25) is 4.79 Å². The van der Waals surface area contributed by atoms with Crippen molar-refractivity contribution in [1.29, 1.82) is 0 Å². The Labute approximate surface area is 143 Å². The molecule has 3 aromatic rings. The smallest absolute Gasteiger partial charge is 0.257 e. The standard InChI is InChI=1S/C17H17N3O3S/c1-11-5-6-13(22-2)12(10-11)18-15(21)7-8-16-19-20-17(23-16)14-4-3-9-24-14/h3-6,9-10H,7-8H2,1-2H3,(H,18,21). The fraction of sp³-hybridized carbons (Fsp3) is 0.235. The molecular weight excluding hydrogens is 326 g/mol. The van der Waals surface area contributed by atoms with E-state index in [2.05, 4.69) is 15.5 Å². The number of carbonyl (C=O) groups is 1. The largest absolute Gasteiger partial charge is 0.495 e. The fourth-order valence-corrected chi connectivity index (χ4v) is 2.85. The number of hydrogen-bond acceptors (Lipinski definition) is 6. The maximum Gasteiger partial charge on any atom is 0.257 e. The topological polar surface area (TPSA) is 77.2 Å². The maximum atomic E-state index is 12.1. The Morgan fingerprint density at radius 3 is 2.96 bits per heavy atom. The van der Waals surface area contributed by atoms with Gasteiger partial charge >= 0.3 is 0 Å². The molecule has 1 aromatic carbocycles. The van der Waals surface area contributed by atoms with E-state index in [1.54, 1.807) is 7.11 Å². The minimum atomic E-state index is -0.130. The summed E-state index contributed by atoms with van der Waals surface area (Å²) in [4.78, 5) is 13.1. The highest BCUT2D eigenvalue weighted by Gasteiger charge is 2.12. The highest BCUT2D eigenvalue weighted by Crippen LogP contribution is 2.26. The highest BCUT2D eigenvalue weighted by molar-refractivity contribution is 7.13. The lowest BCUT2D eigenvalue weighted by atomic mass is 10.2. The number of rotatable bonds is 6. The molecule has 0 aliphatic rings. The molecule has 2 heterocycles. The van der Waals surface area contributed by atoms with E-state index in [0.29, 0.717) is 29.6 Å². The van der Waals surface area contributed by atoms with Gasteiger partial charge in [0.25, 0.3) is 5.89 Å². The number of nitrogens with zero attached hydrogens (tertiary/aromatic N) is 2. The zero-order chi connectivity index (χ0) is 16.9. The van der Waals surface area contributed by atoms with Gasteiger partial charge in [-0.2, -0.15) is 0 Å². The van der Waals surface area contributed by atoms with Gasteiger partial charge in [-0.1, -0.05) is 12.1 Å². The van der Waals surface area contributed by atoms with E-state index in [1.807, 2.05) is 42.6 Å². The van der Waals surface area contributed by atoms with Crippen LogP contribution in [0.1, 0.15) is 17.9 Å². The van der Waals surface area contributed by atoms with Crippen LogP contribution >= 0.6 is 11.3 Å². The third kappa shape index (κ3) is 3.80. The van der Waals surface area contributed by atoms with Crippen molar-refractivity contribution in [3.05, 3.63) is 47.2 Å². The van der Waals surface area contributed by atoms with Crippen LogP contribution in [0.15, 0.2) is 40.1 Å². The van der Waals surface area contributed by atoms with Gasteiger partial charge in [-0.05, 0) is 36.1 Å². The van der Waals surface area contributed by atoms with Gasteiger partial charge in [0.15, 0.2) is 0 Å². The van der Waals surface area contributed by atoms with E-state index in [9.17, 15) is 4.79 Å². The van der Waals surface area contributed by atoms with Crippen LogP contribution in [0.4, 0.5) is 5.69 Å². The summed E-state index contributed by atoms with van der Waals surface area (Å²) in [6.07, 6.45) is 0.640. The van der Waals surface area contributed by atoms with Gasteiger partial charge in [0.2, 0.25) is 11.8 Å². The lowest BCUT2D eigenvalue weighted by Crippen LogP contribution is -2.13. The van der Waals surface area contributed by atoms with Gasteiger partial charge in [-0.25, -0.2) is 0 Å². The summed E-state index contributed by atoms with van der Waals surface area (Å²) in [5, 5.41) is 12.8. The fourth-order valence-electron chi connectivity index (χ4n) is 2.21. The second-order valence-corrected chi connectivity index (χ2v) is 6.18. The van der Waals surface area contributed by atoms with Crippen molar-refractivity contribution < 1.29 is 13.9 Å². The molecule has 1 amide bonds. The van der Waals surface area contributed by atoms with E-state index in [4.69, 9.17) is 9.15 Å². The molecule has 0 radical (unpaired) electrons.